The minimum atomic E-state index is -4.21. The second-order valence-electron chi connectivity index (χ2n) is 6.99. The molecule has 0 aliphatic heterocycles. The van der Waals surface area contributed by atoms with Crippen LogP contribution in [0.5, 0.6) is 5.75 Å². The molecule has 1 aliphatic rings. The van der Waals surface area contributed by atoms with E-state index < -0.39 is 20.7 Å². The number of halogens is 2. The first-order valence-corrected chi connectivity index (χ1v) is 12.0. The lowest BCUT2D eigenvalue weighted by Gasteiger charge is -2.32. The molecular formula is C18H19ClFN5O3S2. The lowest BCUT2D eigenvalue weighted by molar-refractivity contribution is 0.126. The van der Waals surface area contributed by atoms with E-state index in [9.17, 15) is 12.8 Å². The van der Waals surface area contributed by atoms with Gasteiger partial charge >= 0.3 is 0 Å². The van der Waals surface area contributed by atoms with Crippen molar-refractivity contribution in [3.63, 3.8) is 0 Å². The van der Waals surface area contributed by atoms with Crippen molar-refractivity contribution in [1.82, 2.24) is 20.0 Å². The fourth-order valence-corrected chi connectivity index (χ4v) is 5.73. The third-order valence-electron chi connectivity index (χ3n) is 5.08. The maximum Gasteiger partial charge on any atom is 0.266 e. The molecule has 2 atom stereocenters. The Morgan fingerprint density at radius 1 is 1.33 bits per heavy atom. The molecule has 1 N–H and O–H groups in total. The highest BCUT2D eigenvalue weighted by Crippen LogP contribution is 2.38. The molecule has 1 aromatic carbocycles. The molecule has 30 heavy (non-hydrogen) atoms. The highest BCUT2D eigenvalue weighted by molar-refractivity contribution is 7.93. The first-order chi connectivity index (χ1) is 14.3. The summed E-state index contributed by atoms with van der Waals surface area (Å²) >= 11 is 7.27. The lowest BCUT2D eigenvalue weighted by Crippen LogP contribution is -2.30. The minimum absolute atomic E-state index is 0.0170. The number of rotatable bonds is 6. The summed E-state index contributed by atoms with van der Waals surface area (Å²) in [6, 6.07) is 4.02. The summed E-state index contributed by atoms with van der Waals surface area (Å²) in [5.74, 6) is -0.754. The van der Waals surface area contributed by atoms with E-state index in [1.54, 1.807) is 6.20 Å². The second kappa shape index (κ2) is 8.48. The maximum atomic E-state index is 14.7. The third kappa shape index (κ3) is 4.28. The van der Waals surface area contributed by atoms with Gasteiger partial charge in [-0.15, -0.1) is 10.2 Å². The standard InChI is InChI=1S/C18H19ClFN5O3S2/c1-25-14(6-7-22-25)11-4-2-3-5-15(11)28-16-9-13(20)17(8-12(16)19)30(26,27)24-18-23-21-10-29-18/h6-11,15H,2-5H2,1H3,(H,23,24)/t11-,15+/m1/s1. The van der Waals surface area contributed by atoms with Crippen LogP contribution in [0, 0.1) is 5.82 Å². The Balaban J connectivity index is 1.59. The fraction of sp³-hybridized carbons (Fsp3) is 0.389. The molecular weight excluding hydrogens is 453 g/mol. The first-order valence-electron chi connectivity index (χ1n) is 9.28. The van der Waals surface area contributed by atoms with Crippen molar-refractivity contribution in [3.05, 3.63) is 46.4 Å². The molecule has 4 rings (SSSR count). The number of anilines is 1. The Hall–Kier alpha value is -2.24. The van der Waals surface area contributed by atoms with Crippen LogP contribution in [0.4, 0.5) is 9.52 Å². The predicted molar refractivity (Wildman–Crippen MR) is 111 cm³/mol. The summed E-state index contributed by atoms with van der Waals surface area (Å²) in [7, 11) is -2.33. The van der Waals surface area contributed by atoms with Crippen LogP contribution in [0.2, 0.25) is 5.02 Å². The Kier molecular flexibility index (Phi) is 5.94. The van der Waals surface area contributed by atoms with Crippen LogP contribution >= 0.6 is 22.9 Å². The SMILES string of the molecule is Cn1nccc1[C@H]1CCCC[C@@H]1Oc1cc(F)c(S(=O)(=O)Nc2nncs2)cc1Cl. The molecule has 0 spiro atoms. The van der Waals surface area contributed by atoms with Gasteiger partial charge in [-0.1, -0.05) is 29.4 Å². The Morgan fingerprint density at radius 2 is 2.13 bits per heavy atom. The molecule has 1 aliphatic carbocycles. The number of hydrogen-bond donors (Lipinski definition) is 1. The van der Waals surface area contributed by atoms with Crippen molar-refractivity contribution in [2.75, 3.05) is 4.72 Å². The molecule has 0 bridgehead atoms. The van der Waals surface area contributed by atoms with Gasteiger partial charge < -0.3 is 4.74 Å². The predicted octanol–water partition coefficient (Wildman–Crippen LogP) is 3.97. The summed E-state index contributed by atoms with van der Waals surface area (Å²) in [5.41, 5.74) is 2.40. The van der Waals surface area contributed by atoms with Gasteiger partial charge in [0, 0.05) is 30.9 Å². The quantitative estimate of drug-likeness (QED) is 0.584. The van der Waals surface area contributed by atoms with E-state index in [1.165, 1.54) is 5.51 Å². The Bertz CT molecular complexity index is 1140. The molecule has 0 unspecified atom stereocenters. The molecule has 12 heteroatoms. The molecule has 1 fully saturated rings. The third-order valence-corrected chi connectivity index (χ3v) is 7.46. The van der Waals surface area contributed by atoms with Gasteiger partial charge in [0.15, 0.2) is 0 Å². The smallest absolute Gasteiger partial charge is 0.266 e. The number of nitrogens with one attached hydrogen (secondary N) is 1. The van der Waals surface area contributed by atoms with Gasteiger partial charge in [0.2, 0.25) is 5.13 Å². The maximum absolute atomic E-state index is 14.7. The number of ether oxygens (including phenoxy) is 1. The van der Waals surface area contributed by atoms with E-state index in [4.69, 9.17) is 16.3 Å². The molecule has 8 nitrogen and oxygen atoms in total. The zero-order chi connectivity index (χ0) is 21.3. The highest BCUT2D eigenvalue weighted by atomic mass is 35.5. The number of nitrogens with zero attached hydrogens (tertiary/aromatic N) is 4. The van der Waals surface area contributed by atoms with Crippen LogP contribution in [0.1, 0.15) is 37.3 Å². The van der Waals surface area contributed by atoms with Gasteiger partial charge in [0.05, 0.1) is 5.02 Å². The second-order valence-corrected chi connectivity index (χ2v) is 9.88. The number of hydrogen-bond acceptors (Lipinski definition) is 7. The summed E-state index contributed by atoms with van der Waals surface area (Å²) in [5, 5.41) is 11.4. The topological polar surface area (TPSA) is 99.0 Å². The van der Waals surface area contributed by atoms with Crippen molar-refractivity contribution < 1.29 is 17.5 Å². The van der Waals surface area contributed by atoms with Crippen LogP contribution in [0.25, 0.3) is 0 Å². The van der Waals surface area contributed by atoms with Gasteiger partial charge in [-0.05, 0) is 31.4 Å². The van der Waals surface area contributed by atoms with Gasteiger partial charge in [0.25, 0.3) is 10.0 Å². The fourth-order valence-electron chi connectivity index (χ4n) is 3.68. The zero-order valence-corrected chi connectivity index (χ0v) is 18.3. The lowest BCUT2D eigenvalue weighted by atomic mass is 9.84. The van der Waals surface area contributed by atoms with Crippen molar-refractivity contribution >= 4 is 38.1 Å². The van der Waals surface area contributed by atoms with E-state index in [-0.39, 0.29) is 27.9 Å². The van der Waals surface area contributed by atoms with Crippen LogP contribution < -0.4 is 9.46 Å². The summed E-state index contributed by atoms with van der Waals surface area (Å²) in [4.78, 5) is -0.582. The van der Waals surface area contributed by atoms with Gasteiger partial charge in [-0.2, -0.15) is 5.10 Å². The molecule has 0 radical (unpaired) electrons. The van der Waals surface area contributed by atoms with Gasteiger partial charge in [-0.3, -0.25) is 9.40 Å². The molecule has 2 aromatic heterocycles. The monoisotopic (exact) mass is 471 g/mol. The summed E-state index contributed by atoms with van der Waals surface area (Å²) < 4.78 is 49.8. The molecule has 2 heterocycles. The summed E-state index contributed by atoms with van der Waals surface area (Å²) in [6.45, 7) is 0. The number of benzene rings is 1. The van der Waals surface area contributed by atoms with E-state index in [0.717, 1.165) is 54.8 Å². The van der Waals surface area contributed by atoms with E-state index >= 15 is 0 Å². The number of aryl methyl sites for hydroxylation is 1. The Labute approximate surface area is 182 Å². The van der Waals surface area contributed by atoms with Crippen LogP contribution in [-0.4, -0.2) is 34.5 Å². The minimum Gasteiger partial charge on any atom is -0.488 e. The average Bonchev–Trinajstić information content (AvgIpc) is 3.36. The van der Waals surface area contributed by atoms with E-state index in [2.05, 4.69) is 20.0 Å². The van der Waals surface area contributed by atoms with E-state index in [1.807, 2.05) is 17.8 Å². The van der Waals surface area contributed by atoms with Crippen molar-refractivity contribution in [3.8, 4) is 5.75 Å². The molecule has 0 amide bonds. The number of sulfonamides is 1. The zero-order valence-electron chi connectivity index (χ0n) is 16.0. The van der Waals surface area contributed by atoms with Gasteiger partial charge in [-0.25, -0.2) is 12.8 Å². The normalized spacial score (nSPS) is 19.6. The largest absolute Gasteiger partial charge is 0.488 e. The number of aromatic nitrogens is 4. The van der Waals surface area contributed by atoms with E-state index in [0.29, 0.717) is 0 Å². The Morgan fingerprint density at radius 3 is 2.83 bits per heavy atom. The molecule has 160 valence electrons. The van der Waals surface area contributed by atoms with Gasteiger partial charge in [0.1, 0.15) is 28.1 Å². The van der Waals surface area contributed by atoms with Crippen LogP contribution in [0.3, 0.4) is 0 Å². The van der Waals surface area contributed by atoms with Crippen molar-refractivity contribution in [2.45, 2.75) is 42.6 Å². The van der Waals surface area contributed by atoms with Crippen LogP contribution in [-0.2, 0) is 17.1 Å². The molecule has 3 aromatic rings. The first kappa shape index (κ1) is 21.0. The van der Waals surface area contributed by atoms with Crippen molar-refractivity contribution in [2.24, 2.45) is 7.05 Å². The molecule has 1 saturated carbocycles. The average molecular weight is 472 g/mol. The summed E-state index contributed by atoms with van der Waals surface area (Å²) in [6.07, 6.45) is 5.27. The van der Waals surface area contributed by atoms with Crippen LogP contribution in [0.15, 0.2) is 34.8 Å². The van der Waals surface area contributed by atoms with Crippen molar-refractivity contribution in [1.29, 1.82) is 0 Å². The highest BCUT2D eigenvalue weighted by Gasteiger charge is 2.31. The molecule has 0 saturated heterocycles.